The molecule has 2 aliphatic heterocycles. The highest BCUT2D eigenvalue weighted by atomic mass is 16.5. The Bertz CT molecular complexity index is 440. The second-order valence-corrected chi connectivity index (χ2v) is 5.44. The van der Waals surface area contributed by atoms with Crippen LogP contribution in [0.2, 0.25) is 0 Å². The van der Waals surface area contributed by atoms with Crippen molar-refractivity contribution in [3.63, 3.8) is 0 Å². The Morgan fingerprint density at radius 2 is 2.06 bits per heavy atom. The van der Waals surface area contributed by atoms with E-state index in [2.05, 4.69) is 17.4 Å². The van der Waals surface area contributed by atoms with E-state index in [4.69, 9.17) is 4.74 Å². The molecule has 3 atom stereocenters. The summed E-state index contributed by atoms with van der Waals surface area (Å²) in [5.74, 6) is 2.04. The lowest BCUT2D eigenvalue weighted by Gasteiger charge is -2.42. The van der Waals surface area contributed by atoms with E-state index in [-0.39, 0.29) is 11.8 Å². The number of ether oxygens (including phenoxy) is 1. The van der Waals surface area contributed by atoms with Crippen molar-refractivity contribution in [2.24, 2.45) is 11.8 Å². The van der Waals surface area contributed by atoms with Gasteiger partial charge in [-0.3, -0.25) is 4.79 Å². The van der Waals surface area contributed by atoms with Gasteiger partial charge in [-0.1, -0.05) is 12.1 Å². The Morgan fingerprint density at radius 3 is 2.61 bits per heavy atom. The minimum Gasteiger partial charge on any atom is -0.497 e. The summed E-state index contributed by atoms with van der Waals surface area (Å²) >= 11 is 0. The molecule has 0 aromatic heterocycles. The number of carbonyl (C=O) groups is 1. The summed E-state index contributed by atoms with van der Waals surface area (Å²) in [7, 11) is 1.69. The largest absolute Gasteiger partial charge is 0.497 e. The van der Waals surface area contributed by atoms with E-state index in [0.717, 1.165) is 31.4 Å². The van der Waals surface area contributed by atoms with E-state index in [1.807, 2.05) is 12.1 Å². The summed E-state index contributed by atoms with van der Waals surface area (Å²) in [6.07, 6.45) is 4.35. The topological polar surface area (TPSA) is 38.3 Å². The first kappa shape index (κ1) is 11.6. The number of hydrogen-bond donors (Lipinski definition) is 1. The highest BCUT2D eigenvalue weighted by Crippen LogP contribution is 2.36. The second kappa shape index (κ2) is 4.63. The summed E-state index contributed by atoms with van der Waals surface area (Å²) < 4.78 is 5.17. The molecule has 4 rings (SSSR count). The molecule has 18 heavy (non-hydrogen) atoms. The highest BCUT2D eigenvalue weighted by Gasteiger charge is 2.40. The number of piperidine rings is 2. The molecule has 2 heterocycles. The summed E-state index contributed by atoms with van der Waals surface area (Å²) in [5.41, 5.74) is 1.34. The average Bonchev–Trinajstić information content (AvgIpc) is 2.41. The third-order valence-electron chi connectivity index (χ3n) is 4.34. The maximum absolute atomic E-state index is 11.6. The third kappa shape index (κ3) is 2.09. The Morgan fingerprint density at radius 1 is 1.28 bits per heavy atom. The zero-order chi connectivity index (χ0) is 12.5. The molecule has 1 N–H and O–H groups in total. The summed E-state index contributed by atoms with van der Waals surface area (Å²) in [6.45, 7) is 0. The first-order valence-corrected chi connectivity index (χ1v) is 6.69. The van der Waals surface area contributed by atoms with Crippen LogP contribution in [-0.2, 0) is 11.2 Å². The van der Waals surface area contributed by atoms with E-state index < -0.39 is 0 Å². The first-order chi connectivity index (χ1) is 8.76. The summed E-state index contributed by atoms with van der Waals surface area (Å²) in [4.78, 5) is 11.6. The van der Waals surface area contributed by atoms with Crippen molar-refractivity contribution in [3.8, 4) is 5.75 Å². The van der Waals surface area contributed by atoms with E-state index in [1.54, 1.807) is 7.11 Å². The zero-order valence-electron chi connectivity index (χ0n) is 10.7. The third-order valence-corrected chi connectivity index (χ3v) is 4.34. The van der Waals surface area contributed by atoms with Crippen LogP contribution in [0.5, 0.6) is 5.75 Å². The molecular weight excluding hydrogens is 226 g/mol. The van der Waals surface area contributed by atoms with E-state index in [9.17, 15) is 4.79 Å². The van der Waals surface area contributed by atoms with Crippen LogP contribution >= 0.6 is 0 Å². The lowest BCUT2D eigenvalue weighted by atomic mass is 9.71. The Hall–Kier alpha value is -1.51. The number of benzene rings is 1. The standard InChI is InChI=1S/C15H19NO2/c1-18-13-5-2-10(3-6-13)8-12-9-11-4-7-14(12)16-15(11)17/h2-3,5-6,11-12,14H,4,7-9H2,1H3,(H,16,17). The zero-order valence-corrected chi connectivity index (χ0v) is 10.7. The number of fused-ring (bicyclic) bond motifs is 3. The van der Waals surface area contributed by atoms with Crippen LogP contribution in [0, 0.1) is 11.8 Å². The van der Waals surface area contributed by atoms with Gasteiger partial charge < -0.3 is 10.1 Å². The summed E-state index contributed by atoms with van der Waals surface area (Å²) in [5, 5.41) is 3.15. The van der Waals surface area contributed by atoms with Crippen LogP contribution in [0.25, 0.3) is 0 Å². The van der Waals surface area contributed by atoms with Crippen LogP contribution in [0.3, 0.4) is 0 Å². The molecule has 1 amide bonds. The molecule has 2 saturated heterocycles. The highest BCUT2D eigenvalue weighted by molar-refractivity contribution is 5.80. The number of methoxy groups -OCH3 is 1. The van der Waals surface area contributed by atoms with Gasteiger partial charge in [-0.15, -0.1) is 0 Å². The lowest BCUT2D eigenvalue weighted by Crippen LogP contribution is -2.54. The smallest absolute Gasteiger partial charge is 0.223 e. The molecular formula is C15H19NO2. The van der Waals surface area contributed by atoms with E-state index in [1.165, 1.54) is 5.56 Å². The van der Waals surface area contributed by atoms with Crippen LogP contribution in [-0.4, -0.2) is 19.1 Å². The number of carbonyl (C=O) groups excluding carboxylic acids is 1. The number of nitrogens with one attached hydrogen (secondary N) is 1. The number of rotatable bonds is 3. The van der Waals surface area contributed by atoms with E-state index >= 15 is 0 Å². The van der Waals surface area contributed by atoms with Gasteiger partial charge in [0.05, 0.1) is 7.11 Å². The predicted molar refractivity (Wildman–Crippen MR) is 69.5 cm³/mol. The normalized spacial score (nSPS) is 30.1. The maximum atomic E-state index is 11.6. The SMILES string of the molecule is COc1ccc(CC2CC3CCC2NC3=O)cc1. The first-order valence-electron chi connectivity index (χ1n) is 6.69. The van der Waals surface area contributed by atoms with Gasteiger partial charge >= 0.3 is 0 Å². The van der Waals surface area contributed by atoms with Gasteiger partial charge in [-0.25, -0.2) is 0 Å². The van der Waals surface area contributed by atoms with Gasteiger partial charge in [0.1, 0.15) is 5.75 Å². The minimum absolute atomic E-state index is 0.262. The Labute approximate surface area is 108 Å². The van der Waals surface area contributed by atoms with Gasteiger partial charge in [-0.05, 0) is 49.3 Å². The maximum Gasteiger partial charge on any atom is 0.223 e. The van der Waals surface area contributed by atoms with Crippen LogP contribution in [0.15, 0.2) is 24.3 Å². The van der Waals surface area contributed by atoms with Crippen molar-refractivity contribution in [2.45, 2.75) is 31.7 Å². The minimum atomic E-state index is 0.262. The molecule has 2 bridgehead atoms. The van der Waals surface area contributed by atoms with Gasteiger partial charge in [0.15, 0.2) is 0 Å². The van der Waals surface area contributed by atoms with Crippen molar-refractivity contribution < 1.29 is 9.53 Å². The predicted octanol–water partition coefficient (Wildman–Crippen LogP) is 2.15. The van der Waals surface area contributed by atoms with Crippen molar-refractivity contribution in [1.82, 2.24) is 5.32 Å². The molecule has 3 nitrogen and oxygen atoms in total. The molecule has 1 aromatic rings. The van der Waals surface area contributed by atoms with E-state index in [0.29, 0.717) is 12.0 Å². The van der Waals surface area contributed by atoms with Gasteiger partial charge in [0.25, 0.3) is 0 Å². The molecule has 3 heteroatoms. The van der Waals surface area contributed by atoms with Crippen molar-refractivity contribution >= 4 is 5.91 Å². The van der Waals surface area contributed by atoms with Crippen molar-refractivity contribution in [2.75, 3.05) is 7.11 Å². The Kier molecular flexibility index (Phi) is 2.98. The summed E-state index contributed by atoms with van der Waals surface area (Å²) in [6, 6.07) is 8.67. The van der Waals surface area contributed by atoms with Crippen LogP contribution < -0.4 is 10.1 Å². The average molecular weight is 245 g/mol. The fourth-order valence-electron chi connectivity index (χ4n) is 3.28. The quantitative estimate of drug-likeness (QED) is 0.886. The van der Waals surface area contributed by atoms with Crippen molar-refractivity contribution in [1.29, 1.82) is 0 Å². The fraction of sp³-hybridized carbons (Fsp3) is 0.533. The second-order valence-electron chi connectivity index (χ2n) is 5.44. The monoisotopic (exact) mass is 245 g/mol. The fourth-order valence-corrected chi connectivity index (χ4v) is 3.28. The molecule has 96 valence electrons. The molecule has 0 radical (unpaired) electrons. The van der Waals surface area contributed by atoms with Gasteiger partial charge in [0.2, 0.25) is 5.91 Å². The number of amides is 1. The van der Waals surface area contributed by atoms with Crippen molar-refractivity contribution in [3.05, 3.63) is 29.8 Å². The number of hydrogen-bond acceptors (Lipinski definition) is 2. The molecule has 3 fully saturated rings. The molecule has 3 aliphatic rings. The molecule has 3 unspecified atom stereocenters. The molecule has 1 saturated carbocycles. The van der Waals surface area contributed by atoms with Gasteiger partial charge in [-0.2, -0.15) is 0 Å². The van der Waals surface area contributed by atoms with Gasteiger partial charge in [0, 0.05) is 12.0 Å². The molecule has 1 aromatic carbocycles. The Balaban J connectivity index is 1.68. The lowest BCUT2D eigenvalue weighted by molar-refractivity contribution is -0.132. The molecule has 0 spiro atoms. The molecule has 1 aliphatic carbocycles. The van der Waals surface area contributed by atoms with Crippen LogP contribution in [0.1, 0.15) is 24.8 Å². The van der Waals surface area contributed by atoms with Crippen LogP contribution in [0.4, 0.5) is 0 Å².